The van der Waals surface area contributed by atoms with Crippen LogP contribution in [0, 0.1) is 0 Å². The number of carbonyl (C=O) groups excluding carboxylic acids is 2. The molecule has 0 spiro atoms. The number of carbonyl (C=O) groups is 2. The molecule has 168 valence electrons. The van der Waals surface area contributed by atoms with Gasteiger partial charge in [0.2, 0.25) is 11.8 Å². The van der Waals surface area contributed by atoms with Crippen molar-refractivity contribution in [2.45, 2.75) is 52.0 Å². The van der Waals surface area contributed by atoms with Crippen LogP contribution in [0.4, 0.5) is 5.82 Å². The SMILES string of the molecule is CC(C)(C)c1cc(NC(=O)CCCC(=O)NCc2cccnc2)n(-c2cccc(Cl)c2)n1. The van der Waals surface area contributed by atoms with Gasteiger partial charge in [-0.15, -0.1) is 0 Å². The Morgan fingerprint density at radius 1 is 1.06 bits per heavy atom. The number of halogens is 1. The van der Waals surface area contributed by atoms with Crippen molar-refractivity contribution in [3.63, 3.8) is 0 Å². The molecular formula is C24H28ClN5O2. The van der Waals surface area contributed by atoms with Crippen LogP contribution in [0.3, 0.4) is 0 Å². The number of amides is 2. The zero-order valence-corrected chi connectivity index (χ0v) is 19.3. The maximum atomic E-state index is 12.6. The number of hydrogen-bond acceptors (Lipinski definition) is 4. The van der Waals surface area contributed by atoms with E-state index in [1.165, 1.54) is 0 Å². The van der Waals surface area contributed by atoms with Gasteiger partial charge in [-0.05, 0) is 36.2 Å². The minimum absolute atomic E-state index is 0.0966. The predicted octanol–water partition coefficient (Wildman–Crippen LogP) is 4.64. The van der Waals surface area contributed by atoms with Gasteiger partial charge in [-0.25, -0.2) is 4.68 Å². The van der Waals surface area contributed by atoms with E-state index in [9.17, 15) is 9.59 Å². The smallest absolute Gasteiger partial charge is 0.225 e. The fourth-order valence-electron chi connectivity index (χ4n) is 3.05. The summed E-state index contributed by atoms with van der Waals surface area (Å²) in [5.41, 5.74) is 2.36. The molecule has 0 atom stereocenters. The molecule has 32 heavy (non-hydrogen) atoms. The summed E-state index contributed by atoms with van der Waals surface area (Å²) in [5.74, 6) is 0.303. The Balaban J connectivity index is 1.58. The van der Waals surface area contributed by atoms with Gasteiger partial charge < -0.3 is 10.6 Å². The quantitative estimate of drug-likeness (QED) is 0.519. The van der Waals surface area contributed by atoms with Crippen LogP contribution in [0.25, 0.3) is 5.69 Å². The highest BCUT2D eigenvalue weighted by Gasteiger charge is 2.21. The molecule has 7 nitrogen and oxygen atoms in total. The van der Waals surface area contributed by atoms with Crippen molar-refractivity contribution in [1.82, 2.24) is 20.1 Å². The molecule has 0 aliphatic carbocycles. The number of aromatic nitrogens is 3. The summed E-state index contributed by atoms with van der Waals surface area (Å²) >= 11 is 6.14. The van der Waals surface area contributed by atoms with Gasteiger partial charge in [-0.3, -0.25) is 14.6 Å². The first-order valence-electron chi connectivity index (χ1n) is 10.5. The van der Waals surface area contributed by atoms with E-state index in [4.69, 9.17) is 11.6 Å². The van der Waals surface area contributed by atoms with Crippen LogP contribution in [-0.2, 0) is 21.5 Å². The number of rotatable bonds is 8. The Hall–Kier alpha value is -3.19. The highest BCUT2D eigenvalue weighted by atomic mass is 35.5. The van der Waals surface area contributed by atoms with E-state index in [0.717, 1.165) is 16.9 Å². The van der Waals surface area contributed by atoms with Crippen molar-refractivity contribution in [2.75, 3.05) is 5.32 Å². The molecular weight excluding hydrogens is 426 g/mol. The Labute approximate surface area is 193 Å². The van der Waals surface area contributed by atoms with Crippen molar-refractivity contribution in [1.29, 1.82) is 0 Å². The van der Waals surface area contributed by atoms with E-state index in [1.54, 1.807) is 29.2 Å². The van der Waals surface area contributed by atoms with E-state index in [-0.39, 0.29) is 30.1 Å². The highest BCUT2D eigenvalue weighted by Crippen LogP contribution is 2.27. The van der Waals surface area contributed by atoms with Gasteiger partial charge in [0.05, 0.1) is 11.4 Å². The van der Waals surface area contributed by atoms with Crippen LogP contribution in [0.1, 0.15) is 51.3 Å². The first-order chi connectivity index (χ1) is 15.2. The second-order valence-corrected chi connectivity index (χ2v) is 9.03. The van der Waals surface area contributed by atoms with Crippen LogP contribution in [0.5, 0.6) is 0 Å². The molecule has 0 saturated carbocycles. The molecule has 0 unspecified atom stereocenters. The van der Waals surface area contributed by atoms with E-state index in [2.05, 4.69) is 41.5 Å². The Kier molecular flexibility index (Phi) is 7.64. The molecule has 1 aromatic carbocycles. The van der Waals surface area contributed by atoms with Crippen LogP contribution < -0.4 is 10.6 Å². The molecule has 2 N–H and O–H groups in total. The second-order valence-electron chi connectivity index (χ2n) is 8.60. The summed E-state index contributed by atoms with van der Waals surface area (Å²) in [6.07, 6.45) is 4.35. The maximum absolute atomic E-state index is 12.6. The monoisotopic (exact) mass is 453 g/mol. The number of nitrogens with zero attached hydrogens (tertiary/aromatic N) is 3. The van der Waals surface area contributed by atoms with Gasteiger partial charge in [0.1, 0.15) is 5.82 Å². The first-order valence-corrected chi connectivity index (χ1v) is 10.9. The average Bonchev–Trinajstić information content (AvgIpc) is 3.17. The number of pyridine rings is 1. The second kappa shape index (κ2) is 10.4. The van der Waals surface area contributed by atoms with Crippen LogP contribution in [0.2, 0.25) is 5.02 Å². The lowest BCUT2D eigenvalue weighted by Gasteiger charge is -2.14. The lowest BCUT2D eigenvalue weighted by Crippen LogP contribution is -2.23. The Morgan fingerprint density at radius 2 is 1.84 bits per heavy atom. The van der Waals surface area contributed by atoms with Crippen molar-refractivity contribution >= 4 is 29.2 Å². The van der Waals surface area contributed by atoms with Crippen molar-refractivity contribution in [2.24, 2.45) is 0 Å². The van der Waals surface area contributed by atoms with E-state index < -0.39 is 0 Å². The van der Waals surface area contributed by atoms with Gasteiger partial charge in [0.15, 0.2) is 0 Å². The number of nitrogens with one attached hydrogen (secondary N) is 2. The zero-order valence-electron chi connectivity index (χ0n) is 18.6. The normalized spacial score (nSPS) is 11.2. The zero-order chi connectivity index (χ0) is 23.1. The number of benzene rings is 1. The Bertz CT molecular complexity index is 1070. The lowest BCUT2D eigenvalue weighted by molar-refractivity contribution is -0.121. The largest absolute Gasteiger partial charge is 0.352 e. The van der Waals surface area contributed by atoms with Gasteiger partial charge in [-0.1, -0.05) is 44.5 Å². The van der Waals surface area contributed by atoms with Crippen LogP contribution in [0.15, 0.2) is 54.9 Å². The fraction of sp³-hybridized carbons (Fsp3) is 0.333. The summed E-state index contributed by atoms with van der Waals surface area (Å²) < 4.78 is 1.69. The van der Waals surface area contributed by atoms with Crippen molar-refractivity contribution in [3.8, 4) is 5.69 Å². The molecule has 2 amide bonds. The minimum atomic E-state index is -0.185. The molecule has 3 rings (SSSR count). The number of hydrogen-bond donors (Lipinski definition) is 2. The Morgan fingerprint density at radius 3 is 2.53 bits per heavy atom. The van der Waals surface area contributed by atoms with Crippen LogP contribution >= 0.6 is 11.6 Å². The third-order valence-electron chi connectivity index (χ3n) is 4.82. The third-order valence-corrected chi connectivity index (χ3v) is 5.05. The standard InChI is InChI=1S/C24H28ClN5O2/c1-24(2,3)20-14-21(30(29-20)19-9-4-8-18(25)13-19)28-23(32)11-5-10-22(31)27-16-17-7-6-12-26-15-17/h4,6-9,12-15H,5,10-11,16H2,1-3H3,(H,27,31)(H,28,32). The molecule has 2 heterocycles. The van der Waals surface area contributed by atoms with E-state index >= 15 is 0 Å². The van der Waals surface area contributed by atoms with Crippen molar-refractivity contribution in [3.05, 3.63) is 71.1 Å². The molecule has 0 fully saturated rings. The minimum Gasteiger partial charge on any atom is -0.352 e. The molecule has 2 aromatic heterocycles. The van der Waals surface area contributed by atoms with Gasteiger partial charge in [0, 0.05) is 48.3 Å². The van der Waals surface area contributed by atoms with Gasteiger partial charge in [0.25, 0.3) is 0 Å². The highest BCUT2D eigenvalue weighted by molar-refractivity contribution is 6.30. The topological polar surface area (TPSA) is 88.9 Å². The molecule has 0 aliphatic heterocycles. The fourth-order valence-corrected chi connectivity index (χ4v) is 3.23. The average molecular weight is 454 g/mol. The van der Waals surface area contributed by atoms with Gasteiger partial charge in [-0.2, -0.15) is 5.10 Å². The lowest BCUT2D eigenvalue weighted by atomic mass is 9.92. The summed E-state index contributed by atoms with van der Waals surface area (Å²) in [5, 5.41) is 11.0. The van der Waals surface area contributed by atoms with Crippen molar-refractivity contribution < 1.29 is 9.59 Å². The van der Waals surface area contributed by atoms with E-state index in [0.29, 0.717) is 23.8 Å². The summed E-state index contributed by atoms with van der Waals surface area (Å²) in [6, 6.07) is 12.9. The van der Waals surface area contributed by atoms with E-state index in [1.807, 2.05) is 30.3 Å². The van der Waals surface area contributed by atoms with Gasteiger partial charge >= 0.3 is 0 Å². The molecule has 3 aromatic rings. The number of anilines is 1. The molecule has 8 heteroatoms. The first kappa shape index (κ1) is 23.5. The summed E-state index contributed by atoms with van der Waals surface area (Å²) in [4.78, 5) is 28.6. The predicted molar refractivity (Wildman–Crippen MR) is 126 cm³/mol. The molecule has 0 saturated heterocycles. The summed E-state index contributed by atoms with van der Waals surface area (Å²) in [7, 11) is 0. The molecule has 0 radical (unpaired) electrons. The third kappa shape index (κ3) is 6.65. The maximum Gasteiger partial charge on any atom is 0.225 e. The summed E-state index contributed by atoms with van der Waals surface area (Å²) in [6.45, 7) is 6.61. The molecule has 0 bridgehead atoms. The van der Waals surface area contributed by atoms with Crippen LogP contribution in [-0.4, -0.2) is 26.6 Å². The molecule has 0 aliphatic rings.